The number of piperazine rings is 1. The molecule has 0 bridgehead atoms. The summed E-state index contributed by atoms with van der Waals surface area (Å²) >= 11 is 0. The van der Waals surface area contributed by atoms with Crippen LogP contribution in [0.5, 0.6) is 0 Å². The highest BCUT2D eigenvalue weighted by Gasteiger charge is 2.59. The van der Waals surface area contributed by atoms with Gasteiger partial charge in [0.05, 0.1) is 25.0 Å². The van der Waals surface area contributed by atoms with Crippen molar-refractivity contribution < 1.29 is 25.9 Å². The Kier molecular flexibility index (Phi) is 7.19. The van der Waals surface area contributed by atoms with Crippen LogP contribution in [0.3, 0.4) is 0 Å². The monoisotopic (exact) mass is 514 g/mol. The number of sulfonamides is 1. The number of fused-ring (bicyclic) bond motifs is 5. The maximum atomic E-state index is 13.6. The van der Waals surface area contributed by atoms with Gasteiger partial charge in [0.25, 0.3) is 0 Å². The SMILES string of the molecule is COC[C@@]1(O)CC[C@H]2C(CC[C@@H]3[C@@H]2CC[C@]2(C)[C@@H](C(=O)CN4CCN(S(C)(=O)=O)CC4)CC[C@@H]32)C1.[HH].[HH]. The molecule has 0 aromatic rings. The second kappa shape index (κ2) is 9.64. The van der Waals surface area contributed by atoms with Crippen LogP contribution in [0.2, 0.25) is 0 Å². The Balaban J connectivity index is 0.00000190. The molecule has 5 fully saturated rings. The summed E-state index contributed by atoms with van der Waals surface area (Å²) in [5.74, 6) is 4.04. The molecule has 1 N–H and O–H groups in total. The molecule has 4 aliphatic carbocycles. The van der Waals surface area contributed by atoms with Crippen molar-refractivity contribution in [3.8, 4) is 0 Å². The Morgan fingerprint density at radius 2 is 1.71 bits per heavy atom. The zero-order valence-electron chi connectivity index (χ0n) is 22.0. The first-order valence-electron chi connectivity index (χ1n) is 14.0. The summed E-state index contributed by atoms with van der Waals surface area (Å²) in [5.41, 5.74) is -0.519. The summed E-state index contributed by atoms with van der Waals surface area (Å²) < 4.78 is 30.5. The van der Waals surface area contributed by atoms with Crippen LogP contribution in [0.15, 0.2) is 0 Å². The molecule has 5 aliphatic rings. The molecular weight excluding hydrogens is 464 g/mol. The molecule has 8 atom stereocenters. The number of carbonyl (C=O) groups is 1. The molecule has 1 saturated heterocycles. The van der Waals surface area contributed by atoms with Crippen molar-refractivity contribution in [3.05, 3.63) is 0 Å². The summed E-state index contributed by atoms with van der Waals surface area (Å²) in [5, 5.41) is 11.0. The van der Waals surface area contributed by atoms with Crippen LogP contribution in [0, 0.1) is 40.9 Å². The third-order valence-electron chi connectivity index (χ3n) is 11.1. The Morgan fingerprint density at radius 1 is 1.00 bits per heavy atom. The highest BCUT2D eigenvalue weighted by molar-refractivity contribution is 7.88. The zero-order chi connectivity index (χ0) is 25.0. The number of methoxy groups -OCH3 is 1. The molecule has 7 nitrogen and oxygen atoms in total. The Bertz CT molecular complexity index is 914. The zero-order valence-corrected chi connectivity index (χ0v) is 22.8. The van der Waals surface area contributed by atoms with Crippen molar-refractivity contribution in [1.29, 1.82) is 0 Å². The van der Waals surface area contributed by atoms with Crippen LogP contribution < -0.4 is 0 Å². The molecule has 0 aromatic heterocycles. The molecule has 5 rings (SSSR count). The first kappa shape index (κ1) is 26.1. The van der Waals surface area contributed by atoms with Gasteiger partial charge in [-0.15, -0.1) is 0 Å². The second-order valence-corrected chi connectivity index (χ2v) is 14.9. The number of hydrogen-bond acceptors (Lipinski definition) is 6. The molecule has 204 valence electrons. The van der Waals surface area contributed by atoms with E-state index < -0.39 is 15.6 Å². The van der Waals surface area contributed by atoms with Gasteiger partial charge in [0.15, 0.2) is 0 Å². The summed E-state index contributed by atoms with van der Waals surface area (Å²) in [6.45, 7) is 5.61. The number of hydrogen-bond donors (Lipinski definition) is 1. The fourth-order valence-corrected chi connectivity index (χ4v) is 10.3. The van der Waals surface area contributed by atoms with Crippen molar-refractivity contribution in [2.45, 2.75) is 70.3 Å². The average molecular weight is 515 g/mol. The van der Waals surface area contributed by atoms with Crippen LogP contribution >= 0.6 is 0 Å². The number of rotatable bonds is 6. The van der Waals surface area contributed by atoms with Crippen LogP contribution in [0.25, 0.3) is 0 Å². The molecule has 0 amide bonds. The largest absolute Gasteiger partial charge is 0.387 e. The van der Waals surface area contributed by atoms with Crippen LogP contribution in [0.4, 0.5) is 0 Å². The van der Waals surface area contributed by atoms with E-state index >= 15 is 0 Å². The minimum absolute atomic E-state index is 0. The minimum Gasteiger partial charge on any atom is -0.387 e. The summed E-state index contributed by atoms with van der Waals surface area (Å²) in [6.07, 6.45) is 11.2. The van der Waals surface area contributed by atoms with Gasteiger partial charge in [-0.2, -0.15) is 4.31 Å². The van der Waals surface area contributed by atoms with Crippen molar-refractivity contribution in [2.75, 3.05) is 52.7 Å². The maximum absolute atomic E-state index is 13.6. The van der Waals surface area contributed by atoms with E-state index in [1.165, 1.54) is 36.2 Å². The van der Waals surface area contributed by atoms with E-state index in [2.05, 4.69) is 11.8 Å². The van der Waals surface area contributed by atoms with Gasteiger partial charge in [-0.3, -0.25) is 9.69 Å². The number of aliphatic hydroxyl groups is 1. The van der Waals surface area contributed by atoms with Crippen LogP contribution in [-0.4, -0.2) is 86.8 Å². The first-order chi connectivity index (χ1) is 16.5. The first-order valence-corrected chi connectivity index (χ1v) is 15.8. The molecule has 0 aromatic carbocycles. The average Bonchev–Trinajstić information content (AvgIpc) is 3.16. The predicted octanol–water partition coefficient (Wildman–Crippen LogP) is 3.27. The lowest BCUT2D eigenvalue weighted by Gasteiger charge is -2.57. The van der Waals surface area contributed by atoms with E-state index in [9.17, 15) is 18.3 Å². The van der Waals surface area contributed by atoms with Gasteiger partial charge >= 0.3 is 0 Å². The lowest BCUT2D eigenvalue weighted by molar-refractivity contribution is -0.137. The molecule has 1 aliphatic heterocycles. The number of ketones is 1. The molecule has 1 unspecified atom stereocenters. The van der Waals surface area contributed by atoms with Gasteiger partial charge in [-0.1, -0.05) is 6.92 Å². The van der Waals surface area contributed by atoms with Crippen molar-refractivity contribution in [1.82, 2.24) is 9.21 Å². The molecular formula is C27H50N2O5S. The van der Waals surface area contributed by atoms with Crippen molar-refractivity contribution in [3.63, 3.8) is 0 Å². The van der Waals surface area contributed by atoms with E-state index in [4.69, 9.17) is 4.74 Å². The highest BCUT2D eigenvalue weighted by atomic mass is 32.2. The fourth-order valence-electron chi connectivity index (χ4n) is 9.44. The lowest BCUT2D eigenvalue weighted by Crippen LogP contribution is -2.53. The van der Waals surface area contributed by atoms with E-state index in [1.54, 1.807) is 7.11 Å². The van der Waals surface area contributed by atoms with Crippen molar-refractivity contribution >= 4 is 15.8 Å². The quantitative estimate of drug-likeness (QED) is 0.585. The predicted molar refractivity (Wildman–Crippen MR) is 140 cm³/mol. The van der Waals surface area contributed by atoms with Crippen molar-refractivity contribution in [2.24, 2.45) is 40.9 Å². The van der Waals surface area contributed by atoms with Gasteiger partial charge in [0, 0.05) is 42.1 Å². The topological polar surface area (TPSA) is 87.2 Å². The normalized spacial score (nSPS) is 44.9. The molecule has 35 heavy (non-hydrogen) atoms. The minimum atomic E-state index is -3.15. The number of carbonyl (C=O) groups excluding carboxylic acids is 1. The lowest BCUT2D eigenvalue weighted by atomic mass is 9.49. The Hall–Kier alpha value is -0.540. The standard InChI is InChI=1S/C27H46N2O5S.2H2/c1-26-10-8-21-20-9-11-27(31,18-34-2)16-19(20)4-5-22(21)23(26)6-7-24(26)25(30)17-28-12-14-29(15-13-28)35(3,32)33;;/h19-24,31H,4-18H2,1-3H3;2*1H/t19?,20-,21+,22+,23-,24+,26-,27+;;/m0../s1. The summed E-state index contributed by atoms with van der Waals surface area (Å²) in [7, 11) is -1.46. The van der Waals surface area contributed by atoms with Gasteiger partial charge in [-0.25, -0.2) is 8.42 Å². The summed E-state index contributed by atoms with van der Waals surface area (Å²) in [6, 6.07) is 0. The van der Waals surface area contributed by atoms with E-state index in [0.717, 1.165) is 49.9 Å². The van der Waals surface area contributed by atoms with E-state index in [1.807, 2.05) is 0 Å². The van der Waals surface area contributed by atoms with Gasteiger partial charge < -0.3 is 9.84 Å². The third-order valence-corrected chi connectivity index (χ3v) is 12.4. The molecule has 0 spiro atoms. The molecule has 0 radical (unpaired) electrons. The van der Waals surface area contributed by atoms with Gasteiger partial charge in [0.1, 0.15) is 5.78 Å². The number of ether oxygens (including phenoxy) is 1. The maximum Gasteiger partial charge on any atom is 0.211 e. The van der Waals surface area contributed by atoms with Crippen LogP contribution in [0.1, 0.15) is 67.6 Å². The van der Waals surface area contributed by atoms with E-state index in [0.29, 0.717) is 56.9 Å². The highest BCUT2D eigenvalue weighted by Crippen LogP contribution is 2.64. The van der Waals surface area contributed by atoms with Gasteiger partial charge in [-0.05, 0) is 92.8 Å². The molecule has 4 saturated carbocycles. The number of Topliss-reactive ketones (excluding diaryl/α,β-unsaturated/α-hetero) is 1. The molecule has 8 heteroatoms. The smallest absolute Gasteiger partial charge is 0.211 e. The number of nitrogens with zero attached hydrogens (tertiary/aromatic N) is 2. The van der Waals surface area contributed by atoms with Crippen LogP contribution in [-0.2, 0) is 19.6 Å². The molecule has 1 heterocycles. The third kappa shape index (κ3) is 4.87. The Labute approximate surface area is 215 Å². The Morgan fingerprint density at radius 3 is 2.40 bits per heavy atom. The second-order valence-electron chi connectivity index (χ2n) is 12.9. The van der Waals surface area contributed by atoms with E-state index in [-0.39, 0.29) is 14.2 Å². The summed E-state index contributed by atoms with van der Waals surface area (Å²) in [4.78, 5) is 15.7. The fraction of sp³-hybridized carbons (Fsp3) is 0.963. The van der Waals surface area contributed by atoms with Gasteiger partial charge in [0.2, 0.25) is 10.0 Å².